The third-order valence-corrected chi connectivity index (χ3v) is 6.95. The van der Waals surface area contributed by atoms with Gasteiger partial charge in [0.2, 0.25) is 0 Å². The number of unbranched alkanes of at least 4 members (excludes halogenated alkanes) is 1. The first-order chi connectivity index (χ1) is 12.9. The number of Topliss-reactive ketones (excluding diaryl/α,β-unsaturated/α-hetero) is 2. The van der Waals surface area contributed by atoms with Crippen molar-refractivity contribution in [3.63, 3.8) is 0 Å². The van der Waals surface area contributed by atoms with E-state index < -0.39 is 22.9 Å². The molecule has 0 amide bonds. The quantitative estimate of drug-likeness (QED) is 0.410. The summed E-state index contributed by atoms with van der Waals surface area (Å²) in [6.07, 6.45) is 1.96. The summed E-state index contributed by atoms with van der Waals surface area (Å²) in [6, 6.07) is 5.45. The molecule has 1 saturated heterocycles. The summed E-state index contributed by atoms with van der Waals surface area (Å²) in [5.41, 5.74) is -0.241. The molecule has 156 valence electrons. The van der Waals surface area contributed by atoms with Crippen molar-refractivity contribution in [1.29, 1.82) is 0 Å². The van der Waals surface area contributed by atoms with Gasteiger partial charge in [-0.2, -0.15) is 0 Å². The molecule has 1 aliphatic heterocycles. The summed E-state index contributed by atoms with van der Waals surface area (Å²) in [4.78, 5) is 26.2. The van der Waals surface area contributed by atoms with Gasteiger partial charge in [-0.3, -0.25) is 9.59 Å². The van der Waals surface area contributed by atoms with E-state index in [9.17, 15) is 9.59 Å². The number of halogens is 3. The Morgan fingerprint density at radius 2 is 1.64 bits per heavy atom. The molecule has 0 spiro atoms. The molecule has 28 heavy (non-hydrogen) atoms. The Morgan fingerprint density at radius 3 is 2.21 bits per heavy atom. The predicted molar refractivity (Wildman–Crippen MR) is 118 cm³/mol. The Hall–Kier alpha value is -0.610. The van der Waals surface area contributed by atoms with Gasteiger partial charge in [0.25, 0.3) is 0 Å². The van der Waals surface area contributed by atoms with E-state index in [0.29, 0.717) is 22.3 Å². The van der Waals surface area contributed by atoms with Crippen LogP contribution in [0.15, 0.2) is 18.2 Å². The molecule has 3 nitrogen and oxygen atoms in total. The van der Waals surface area contributed by atoms with Crippen molar-refractivity contribution in [3.8, 4) is 0 Å². The van der Waals surface area contributed by atoms with Gasteiger partial charge in [-0.1, -0.05) is 35.3 Å². The van der Waals surface area contributed by atoms with Crippen LogP contribution in [0.2, 0.25) is 10.0 Å². The Morgan fingerprint density at radius 1 is 1.04 bits per heavy atom. The van der Waals surface area contributed by atoms with Gasteiger partial charge in [-0.05, 0) is 59.1 Å². The number of carbonyl (C=O) groups excluding carboxylic acids is 2. The summed E-state index contributed by atoms with van der Waals surface area (Å²) in [5.74, 6) is -0.456. The van der Waals surface area contributed by atoms with Gasteiger partial charge in [0, 0.05) is 41.1 Å². The van der Waals surface area contributed by atoms with E-state index >= 15 is 0 Å². The van der Waals surface area contributed by atoms with Crippen LogP contribution in [0, 0.1) is 11.8 Å². The van der Waals surface area contributed by atoms with Crippen LogP contribution in [0.1, 0.15) is 65.4 Å². The molecule has 0 saturated carbocycles. The van der Waals surface area contributed by atoms with Crippen molar-refractivity contribution >= 4 is 46.4 Å². The molecule has 1 heterocycles. The largest absolute Gasteiger partial charge is 0.305 e. The molecule has 1 aromatic rings. The first kappa shape index (κ1) is 23.7. The Kier molecular flexibility index (Phi) is 7.64. The van der Waals surface area contributed by atoms with E-state index in [2.05, 4.69) is 5.32 Å². The van der Waals surface area contributed by atoms with Crippen molar-refractivity contribution in [2.24, 2.45) is 11.8 Å². The van der Waals surface area contributed by atoms with E-state index in [1.807, 2.05) is 39.8 Å². The minimum atomic E-state index is -0.510. The van der Waals surface area contributed by atoms with Crippen LogP contribution in [0.5, 0.6) is 0 Å². The highest BCUT2D eigenvalue weighted by molar-refractivity contribution is 6.42. The highest BCUT2D eigenvalue weighted by Gasteiger charge is 2.56. The van der Waals surface area contributed by atoms with Gasteiger partial charge in [0.1, 0.15) is 11.6 Å². The van der Waals surface area contributed by atoms with Crippen molar-refractivity contribution in [1.82, 2.24) is 5.32 Å². The number of benzene rings is 1. The van der Waals surface area contributed by atoms with E-state index in [1.54, 1.807) is 13.0 Å². The first-order valence-corrected chi connectivity index (χ1v) is 11.1. The van der Waals surface area contributed by atoms with Crippen molar-refractivity contribution < 1.29 is 9.59 Å². The fraction of sp³-hybridized carbons (Fsp3) is 0.636. The molecule has 1 N–H and O–H groups in total. The summed E-state index contributed by atoms with van der Waals surface area (Å²) in [7, 11) is 0. The molecular weight excluding hydrogens is 417 g/mol. The average molecular weight is 447 g/mol. The second-order valence-corrected chi connectivity index (χ2v) is 10.1. The molecule has 0 aromatic heterocycles. The summed E-state index contributed by atoms with van der Waals surface area (Å²) < 4.78 is 0. The number of ketones is 2. The number of piperidine rings is 1. The number of alkyl halides is 1. The van der Waals surface area contributed by atoms with Gasteiger partial charge in [0.05, 0.1) is 10.0 Å². The van der Waals surface area contributed by atoms with Crippen molar-refractivity contribution in [2.75, 3.05) is 5.88 Å². The average Bonchev–Trinajstić information content (AvgIpc) is 2.54. The zero-order valence-corrected chi connectivity index (χ0v) is 19.5. The number of nitrogens with one attached hydrogen (secondary N) is 1. The summed E-state index contributed by atoms with van der Waals surface area (Å²) in [6.45, 7) is 9.68. The van der Waals surface area contributed by atoms with Gasteiger partial charge < -0.3 is 5.32 Å². The Bertz CT molecular complexity index is 745. The molecule has 6 heteroatoms. The monoisotopic (exact) mass is 445 g/mol. The number of rotatable bonds is 7. The minimum absolute atomic E-state index is 0.0348. The summed E-state index contributed by atoms with van der Waals surface area (Å²) in [5, 5.41) is 4.43. The maximum Gasteiger partial charge on any atom is 0.138 e. The molecule has 1 aliphatic rings. The highest BCUT2D eigenvalue weighted by Crippen LogP contribution is 2.51. The van der Waals surface area contributed by atoms with E-state index in [4.69, 9.17) is 34.8 Å². The lowest BCUT2D eigenvalue weighted by Gasteiger charge is -2.55. The van der Waals surface area contributed by atoms with Gasteiger partial charge in [-0.15, -0.1) is 11.6 Å². The van der Waals surface area contributed by atoms with Crippen molar-refractivity contribution in [2.45, 2.75) is 70.9 Å². The number of hydrogen-bond donors (Lipinski definition) is 1. The smallest absolute Gasteiger partial charge is 0.138 e. The SMILES string of the molecule is CC(=O)C1C(c2cccc(Cl)c2Cl)C(C(=O)CCCCCl)C(C)(C)NC1(C)C. The Balaban J connectivity index is 2.64. The topological polar surface area (TPSA) is 46.2 Å². The molecule has 3 unspecified atom stereocenters. The fourth-order valence-electron chi connectivity index (χ4n) is 5.13. The molecule has 0 aliphatic carbocycles. The zero-order chi connectivity index (χ0) is 21.3. The van der Waals surface area contributed by atoms with E-state index in [-0.39, 0.29) is 17.5 Å². The van der Waals surface area contributed by atoms with Crippen LogP contribution in [-0.2, 0) is 9.59 Å². The number of carbonyl (C=O) groups is 2. The standard InChI is InChI=1S/C22H30Cl3NO2/c1-13(27)18-17(14-9-8-10-15(24)20(14)25)19(16(28)11-6-7-12-23)22(4,5)26-21(18,2)3/h8-10,17-19,26H,6-7,11-12H2,1-5H3. The molecule has 0 bridgehead atoms. The van der Waals surface area contributed by atoms with Crippen LogP contribution in [-0.4, -0.2) is 28.5 Å². The van der Waals surface area contributed by atoms with Crippen LogP contribution >= 0.6 is 34.8 Å². The maximum atomic E-state index is 13.4. The first-order valence-electron chi connectivity index (χ1n) is 9.76. The normalized spacial score (nSPS) is 26.1. The van der Waals surface area contributed by atoms with Gasteiger partial charge in [0.15, 0.2) is 0 Å². The van der Waals surface area contributed by atoms with Crippen molar-refractivity contribution in [3.05, 3.63) is 33.8 Å². The Labute approximate surface area is 183 Å². The molecule has 0 radical (unpaired) electrons. The lowest BCUT2D eigenvalue weighted by Crippen LogP contribution is -2.69. The van der Waals surface area contributed by atoms with Crippen LogP contribution in [0.3, 0.4) is 0 Å². The number of hydrogen-bond acceptors (Lipinski definition) is 3. The molecule has 1 aromatic carbocycles. The van der Waals surface area contributed by atoms with Crippen LogP contribution in [0.25, 0.3) is 0 Å². The molecule has 2 rings (SSSR count). The van der Waals surface area contributed by atoms with Gasteiger partial charge >= 0.3 is 0 Å². The third-order valence-electron chi connectivity index (χ3n) is 5.85. The second kappa shape index (κ2) is 9.04. The van der Waals surface area contributed by atoms with Crippen LogP contribution in [0.4, 0.5) is 0 Å². The lowest BCUT2D eigenvalue weighted by atomic mass is 9.57. The maximum absolute atomic E-state index is 13.4. The lowest BCUT2D eigenvalue weighted by molar-refractivity contribution is -0.135. The summed E-state index contributed by atoms with van der Waals surface area (Å²) >= 11 is 18.7. The predicted octanol–water partition coefficient (Wildman–Crippen LogP) is 6.04. The molecule has 3 atom stereocenters. The van der Waals surface area contributed by atoms with Crippen LogP contribution < -0.4 is 5.32 Å². The fourth-order valence-corrected chi connectivity index (χ4v) is 5.75. The van der Waals surface area contributed by atoms with Gasteiger partial charge in [-0.25, -0.2) is 0 Å². The molecular formula is C22H30Cl3NO2. The highest BCUT2D eigenvalue weighted by atomic mass is 35.5. The van der Waals surface area contributed by atoms with E-state index in [0.717, 1.165) is 18.4 Å². The zero-order valence-electron chi connectivity index (χ0n) is 17.2. The van der Waals surface area contributed by atoms with E-state index in [1.165, 1.54) is 0 Å². The third kappa shape index (κ3) is 4.75. The second-order valence-electron chi connectivity index (χ2n) is 8.92. The molecule has 1 fully saturated rings. The minimum Gasteiger partial charge on any atom is -0.305 e.